The highest BCUT2D eigenvalue weighted by atomic mass is 32.2. The maximum absolute atomic E-state index is 13.8. The summed E-state index contributed by atoms with van der Waals surface area (Å²) in [6, 6.07) is 6.68. The van der Waals surface area contributed by atoms with E-state index in [1.165, 1.54) is 12.1 Å². The smallest absolute Gasteiger partial charge is 0.251 e. The summed E-state index contributed by atoms with van der Waals surface area (Å²) < 4.78 is 40.0. The van der Waals surface area contributed by atoms with Gasteiger partial charge in [-0.25, -0.2) is 17.5 Å². The van der Waals surface area contributed by atoms with Crippen LogP contribution in [-0.2, 0) is 16.6 Å². The number of hydrogen-bond acceptors (Lipinski definition) is 4. The molecular weight excluding hydrogens is 333 g/mol. The van der Waals surface area contributed by atoms with E-state index in [9.17, 15) is 17.6 Å². The Morgan fingerprint density at radius 1 is 1.33 bits per heavy atom. The highest BCUT2D eigenvalue weighted by Crippen LogP contribution is 2.16. The number of nitrogens with zero attached hydrogens (tertiary/aromatic N) is 1. The lowest BCUT2D eigenvalue weighted by Crippen LogP contribution is -2.26. The van der Waals surface area contributed by atoms with Gasteiger partial charge in [0.05, 0.1) is 0 Å². The topological polar surface area (TPSA) is 88.2 Å². The number of sulfonamides is 1. The third-order valence-electron chi connectivity index (χ3n) is 3.08. The van der Waals surface area contributed by atoms with Gasteiger partial charge in [-0.3, -0.25) is 9.78 Å². The fourth-order valence-electron chi connectivity index (χ4n) is 1.88. The summed E-state index contributed by atoms with van der Waals surface area (Å²) in [5.41, 5.74) is 0.827. The molecule has 24 heavy (non-hydrogen) atoms. The van der Waals surface area contributed by atoms with Crippen LogP contribution >= 0.6 is 0 Å². The molecule has 1 aromatic heterocycles. The van der Waals surface area contributed by atoms with Crippen LogP contribution in [0.4, 0.5) is 4.39 Å². The summed E-state index contributed by atoms with van der Waals surface area (Å²) in [5.74, 6) is -1.45. The first-order valence-electron chi connectivity index (χ1n) is 7.01. The number of halogens is 1. The van der Waals surface area contributed by atoms with Gasteiger partial charge in [-0.2, -0.15) is 0 Å². The third-order valence-corrected chi connectivity index (χ3v) is 4.52. The number of amides is 1. The maximum Gasteiger partial charge on any atom is 0.251 e. The van der Waals surface area contributed by atoms with E-state index in [1.54, 1.807) is 24.5 Å². The minimum absolute atomic E-state index is 0.0410. The van der Waals surface area contributed by atoms with Crippen LogP contribution in [0.1, 0.15) is 15.9 Å². The lowest BCUT2D eigenvalue weighted by Gasteiger charge is -2.09. The fraction of sp³-hybridized carbons (Fsp3) is 0.125. The lowest BCUT2D eigenvalue weighted by atomic mass is 10.2. The SMILES string of the molecule is C=CCNS(=O)(=O)c1cc(C(=O)NCc2cccnc2)ccc1F. The molecule has 0 saturated heterocycles. The van der Waals surface area contributed by atoms with Crippen LogP contribution in [0.2, 0.25) is 0 Å². The molecule has 2 rings (SSSR count). The first kappa shape index (κ1) is 17.8. The minimum atomic E-state index is -4.06. The minimum Gasteiger partial charge on any atom is -0.348 e. The Morgan fingerprint density at radius 3 is 2.79 bits per heavy atom. The van der Waals surface area contributed by atoms with E-state index in [0.717, 1.165) is 17.7 Å². The molecule has 1 amide bonds. The first-order chi connectivity index (χ1) is 11.4. The summed E-state index contributed by atoms with van der Waals surface area (Å²) in [4.78, 5) is 15.5. The predicted molar refractivity (Wildman–Crippen MR) is 87.2 cm³/mol. The monoisotopic (exact) mass is 349 g/mol. The molecule has 2 N–H and O–H groups in total. The quantitative estimate of drug-likeness (QED) is 0.744. The standard InChI is InChI=1S/C16H16FN3O3S/c1-2-7-20-24(22,23)15-9-13(5-6-14(15)17)16(21)19-11-12-4-3-8-18-10-12/h2-6,8-10,20H,1,7,11H2,(H,19,21). The van der Waals surface area contributed by atoms with E-state index in [0.29, 0.717) is 0 Å². The number of carbonyl (C=O) groups excluding carboxylic acids is 1. The van der Waals surface area contributed by atoms with Gasteiger partial charge in [0.25, 0.3) is 5.91 Å². The zero-order valence-corrected chi connectivity index (χ0v) is 13.5. The van der Waals surface area contributed by atoms with E-state index in [2.05, 4.69) is 21.6 Å². The molecule has 0 aliphatic carbocycles. The van der Waals surface area contributed by atoms with Gasteiger partial charge < -0.3 is 5.32 Å². The molecule has 1 aromatic carbocycles. The summed E-state index contributed by atoms with van der Waals surface area (Å²) in [6.45, 7) is 3.57. The summed E-state index contributed by atoms with van der Waals surface area (Å²) in [7, 11) is -4.06. The van der Waals surface area contributed by atoms with E-state index < -0.39 is 26.6 Å². The van der Waals surface area contributed by atoms with Crippen LogP contribution in [0.25, 0.3) is 0 Å². The van der Waals surface area contributed by atoms with Crippen molar-refractivity contribution >= 4 is 15.9 Å². The van der Waals surface area contributed by atoms with Crippen LogP contribution in [0.5, 0.6) is 0 Å². The summed E-state index contributed by atoms with van der Waals surface area (Å²) in [5, 5.41) is 2.62. The lowest BCUT2D eigenvalue weighted by molar-refractivity contribution is 0.0950. The van der Waals surface area contributed by atoms with Crippen molar-refractivity contribution in [2.75, 3.05) is 6.54 Å². The molecule has 0 atom stereocenters. The number of carbonyl (C=O) groups is 1. The van der Waals surface area contributed by atoms with Crippen LogP contribution in [-0.4, -0.2) is 25.9 Å². The van der Waals surface area contributed by atoms with Gasteiger partial charge in [-0.1, -0.05) is 12.1 Å². The Hall–Kier alpha value is -2.58. The van der Waals surface area contributed by atoms with Crippen molar-refractivity contribution in [1.82, 2.24) is 15.0 Å². The molecule has 8 heteroatoms. The van der Waals surface area contributed by atoms with Gasteiger partial charge in [0, 0.05) is 31.0 Å². The number of benzene rings is 1. The number of pyridine rings is 1. The predicted octanol–water partition coefficient (Wildman–Crippen LogP) is 1.61. The van der Waals surface area contributed by atoms with Crippen molar-refractivity contribution < 1.29 is 17.6 Å². The van der Waals surface area contributed by atoms with Crippen LogP contribution in [0.3, 0.4) is 0 Å². The number of hydrogen-bond donors (Lipinski definition) is 2. The van der Waals surface area contributed by atoms with Crippen molar-refractivity contribution in [2.45, 2.75) is 11.4 Å². The summed E-state index contributed by atoms with van der Waals surface area (Å²) in [6.07, 6.45) is 4.54. The van der Waals surface area contributed by atoms with E-state index >= 15 is 0 Å². The van der Waals surface area contributed by atoms with Crippen molar-refractivity contribution in [3.63, 3.8) is 0 Å². The molecule has 1 heterocycles. The Labute approximate surface area is 139 Å². The fourth-order valence-corrected chi connectivity index (χ4v) is 2.98. The Balaban J connectivity index is 2.18. The zero-order chi connectivity index (χ0) is 17.6. The van der Waals surface area contributed by atoms with Crippen LogP contribution in [0, 0.1) is 5.82 Å². The average molecular weight is 349 g/mol. The Bertz CT molecular complexity index is 839. The second-order valence-electron chi connectivity index (χ2n) is 4.83. The molecule has 2 aromatic rings. The molecule has 0 aliphatic heterocycles. The van der Waals surface area contributed by atoms with Gasteiger partial charge in [0.15, 0.2) is 0 Å². The van der Waals surface area contributed by atoms with Crippen LogP contribution < -0.4 is 10.0 Å². The van der Waals surface area contributed by atoms with Gasteiger partial charge >= 0.3 is 0 Å². The van der Waals surface area contributed by atoms with E-state index in [1.807, 2.05) is 0 Å². The van der Waals surface area contributed by atoms with Gasteiger partial charge in [-0.05, 0) is 29.8 Å². The Kier molecular flexibility index (Phi) is 5.78. The van der Waals surface area contributed by atoms with Gasteiger partial charge in [-0.15, -0.1) is 6.58 Å². The molecule has 0 aliphatic rings. The second kappa shape index (κ2) is 7.80. The highest BCUT2D eigenvalue weighted by Gasteiger charge is 2.20. The second-order valence-corrected chi connectivity index (χ2v) is 6.57. The summed E-state index contributed by atoms with van der Waals surface area (Å²) >= 11 is 0. The van der Waals surface area contributed by atoms with Crippen molar-refractivity contribution in [1.29, 1.82) is 0 Å². The molecule has 0 fully saturated rings. The van der Waals surface area contributed by atoms with E-state index in [-0.39, 0.29) is 18.7 Å². The largest absolute Gasteiger partial charge is 0.348 e. The number of aromatic nitrogens is 1. The molecule has 0 unspecified atom stereocenters. The van der Waals surface area contributed by atoms with Gasteiger partial charge in [0.1, 0.15) is 10.7 Å². The highest BCUT2D eigenvalue weighted by molar-refractivity contribution is 7.89. The third kappa shape index (κ3) is 4.46. The molecule has 0 saturated carbocycles. The molecule has 126 valence electrons. The van der Waals surface area contributed by atoms with Gasteiger partial charge in [0.2, 0.25) is 10.0 Å². The number of nitrogens with one attached hydrogen (secondary N) is 2. The Morgan fingerprint density at radius 2 is 2.12 bits per heavy atom. The molecule has 0 spiro atoms. The molecule has 6 nitrogen and oxygen atoms in total. The maximum atomic E-state index is 13.8. The molecule has 0 bridgehead atoms. The first-order valence-corrected chi connectivity index (χ1v) is 8.49. The van der Waals surface area contributed by atoms with Crippen molar-refractivity contribution in [3.8, 4) is 0 Å². The van der Waals surface area contributed by atoms with E-state index in [4.69, 9.17) is 0 Å². The normalized spacial score (nSPS) is 11.0. The zero-order valence-electron chi connectivity index (χ0n) is 12.7. The van der Waals surface area contributed by atoms with Crippen molar-refractivity contribution in [3.05, 3.63) is 72.3 Å². The average Bonchev–Trinajstić information content (AvgIpc) is 2.59. The number of rotatable bonds is 7. The molecular formula is C16H16FN3O3S. The molecule has 0 radical (unpaired) electrons. The van der Waals surface area contributed by atoms with Crippen molar-refractivity contribution in [2.24, 2.45) is 0 Å². The van der Waals surface area contributed by atoms with Crippen LogP contribution in [0.15, 0.2) is 60.3 Å².